The van der Waals surface area contributed by atoms with Crippen LogP contribution in [0, 0.1) is 5.41 Å². The van der Waals surface area contributed by atoms with E-state index >= 15 is 0 Å². The van der Waals surface area contributed by atoms with Gasteiger partial charge < -0.3 is 5.32 Å². The second-order valence-corrected chi connectivity index (χ2v) is 6.98. The lowest BCUT2D eigenvalue weighted by Gasteiger charge is -2.22. The van der Waals surface area contributed by atoms with Crippen LogP contribution in [0.15, 0.2) is 36.5 Å². The van der Waals surface area contributed by atoms with E-state index in [4.69, 9.17) is 0 Å². The third kappa shape index (κ3) is 4.03. The second-order valence-electron chi connectivity index (χ2n) is 6.98. The average Bonchev–Trinajstić information content (AvgIpc) is 3.04. The molecule has 1 unspecified atom stereocenters. The normalized spacial score (nSPS) is 13.2. The highest BCUT2D eigenvalue weighted by Crippen LogP contribution is 2.28. The van der Waals surface area contributed by atoms with E-state index in [1.165, 1.54) is 0 Å². The maximum atomic E-state index is 4.50. The van der Waals surface area contributed by atoms with Crippen molar-refractivity contribution in [3.63, 3.8) is 0 Å². The first kappa shape index (κ1) is 15.4. The summed E-state index contributed by atoms with van der Waals surface area (Å²) in [6, 6.07) is 10.2. The lowest BCUT2D eigenvalue weighted by molar-refractivity contribution is 0.352. The van der Waals surface area contributed by atoms with Gasteiger partial charge in [-0.05, 0) is 30.4 Å². The molecule has 120 valence electrons. The Labute approximate surface area is 135 Å². The van der Waals surface area contributed by atoms with Gasteiger partial charge in [0.15, 0.2) is 5.82 Å². The molecule has 0 saturated carbocycles. The van der Waals surface area contributed by atoms with Crippen LogP contribution in [-0.4, -0.2) is 25.6 Å². The minimum atomic E-state index is 0.0101. The van der Waals surface area contributed by atoms with Gasteiger partial charge in [0.25, 0.3) is 0 Å². The SMILES string of the molecule is CC(C)(C)CCC(Nc1cnc2ccccc2c1)c1nn[nH]n1. The van der Waals surface area contributed by atoms with Gasteiger partial charge in [-0.3, -0.25) is 4.98 Å². The number of nitrogens with zero attached hydrogens (tertiary/aromatic N) is 4. The Morgan fingerprint density at radius 3 is 2.78 bits per heavy atom. The number of aromatic amines is 1. The fourth-order valence-electron chi connectivity index (χ4n) is 2.51. The summed E-state index contributed by atoms with van der Waals surface area (Å²) in [7, 11) is 0. The van der Waals surface area contributed by atoms with Gasteiger partial charge in [0.2, 0.25) is 0 Å². The average molecular weight is 310 g/mol. The van der Waals surface area contributed by atoms with Crippen LogP contribution in [-0.2, 0) is 0 Å². The van der Waals surface area contributed by atoms with Crippen LogP contribution >= 0.6 is 0 Å². The highest BCUT2D eigenvalue weighted by Gasteiger charge is 2.20. The van der Waals surface area contributed by atoms with Gasteiger partial charge in [0, 0.05) is 5.39 Å². The highest BCUT2D eigenvalue weighted by atomic mass is 15.5. The molecule has 1 atom stereocenters. The number of rotatable bonds is 5. The number of pyridine rings is 1. The van der Waals surface area contributed by atoms with Crippen molar-refractivity contribution in [3.8, 4) is 0 Å². The first-order valence-electron chi connectivity index (χ1n) is 7.86. The van der Waals surface area contributed by atoms with Crippen molar-refractivity contribution in [2.75, 3.05) is 5.32 Å². The summed E-state index contributed by atoms with van der Waals surface area (Å²) < 4.78 is 0. The van der Waals surface area contributed by atoms with Crippen LogP contribution in [0.3, 0.4) is 0 Å². The molecular weight excluding hydrogens is 288 g/mol. The third-order valence-corrected chi connectivity index (χ3v) is 3.79. The van der Waals surface area contributed by atoms with Crippen molar-refractivity contribution in [1.29, 1.82) is 0 Å². The Kier molecular flexibility index (Phi) is 4.23. The molecule has 0 fully saturated rings. The Hall–Kier alpha value is -2.50. The number of fused-ring (bicyclic) bond motifs is 1. The summed E-state index contributed by atoms with van der Waals surface area (Å²) in [5.74, 6) is 0.683. The van der Waals surface area contributed by atoms with Crippen molar-refractivity contribution in [1.82, 2.24) is 25.6 Å². The maximum absolute atomic E-state index is 4.50. The van der Waals surface area contributed by atoms with Crippen LogP contribution in [0.4, 0.5) is 5.69 Å². The quantitative estimate of drug-likeness (QED) is 0.750. The van der Waals surface area contributed by atoms with Gasteiger partial charge in [0.1, 0.15) is 0 Å². The van der Waals surface area contributed by atoms with E-state index in [-0.39, 0.29) is 11.5 Å². The number of para-hydroxylation sites is 1. The minimum Gasteiger partial charge on any atom is -0.374 e. The molecule has 0 radical (unpaired) electrons. The summed E-state index contributed by atoms with van der Waals surface area (Å²) in [4.78, 5) is 4.50. The number of hydrogen-bond donors (Lipinski definition) is 2. The van der Waals surface area contributed by atoms with Gasteiger partial charge in [-0.2, -0.15) is 5.21 Å². The zero-order valence-corrected chi connectivity index (χ0v) is 13.7. The predicted octanol–water partition coefficient (Wildman–Crippen LogP) is 3.73. The van der Waals surface area contributed by atoms with Gasteiger partial charge in [-0.15, -0.1) is 10.2 Å². The third-order valence-electron chi connectivity index (χ3n) is 3.79. The number of nitrogens with one attached hydrogen (secondary N) is 2. The molecule has 0 amide bonds. The summed E-state index contributed by atoms with van der Waals surface area (Å²) >= 11 is 0. The topological polar surface area (TPSA) is 79.4 Å². The molecule has 0 aliphatic rings. The lowest BCUT2D eigenvalue weighted by atomic mass is 9.88. The molecule has 6 heteroatoms. The van der Waals surface area contributed by atoms with E-state index in [1.807, 2.05) is 24.4 Å². The smallest absolute Gasteiger partial charge is 0.196 e. The number of anilines is 1. The van der Waals surface area contributed by atoms with Crippen LogP contribution < -0.4 is 5.32 Å². The second kappa shape index (κ2) is 6.32. The summed E-state index contributed by atoms with van der Waals surface area (Å²) in [5, 5.41) is 19.1. The van der Waals surface area contributed by atoms with Crippen LogP contribution in [0.1, 0.15) is 45.5 Å². The van der Waals surface area contributed by atoms with Crippen molar-refractivity contribution < 1.29 is 0 Å². The molecule has 6 nitrogen and oxygen atoms in total. The van der Waals surface area contributed by atoms with Crippen molar-refractivity contribution in [2.24, 2.45) is 5.41 Å². The Morgan fingerprint density at radius 2 is 2.04 bits per heavy atom. The number of H-pyrrole nitrogens is 1. The lowest BCUT2D eigenvalue weighted by Crippen LogP contribution is -2.16. The zero-order chi connectivity index (χ0) is 16.3. The van der Waals surface area contributed by atoms with Crippen molar-refractivity contribution in [3.05, 3.63) is 42.4 Å². The molecule has 0 spiro atoms. The monoisotopic (exact) mass is 310 g/mol. The van der Waals surface area contributed by atoms with Crippen molar-refractivity contribution in [2.45, 2.75) is 39.7 Å². The summed E-state index contributed by atoms with van der Waals surface area (Å²) in [6.45, 7) is 6.70. The molecule has 3 rings (SSSR count). The van der Waals surface area contributed by atoms with E-state index in [9.17, 15) is 0 Å². The number of tetrazole rings is 1. The molecule has 0 aliphatic heterocycles. The van der Waals surface area contributed by atoms with E-state index < -0.39 is 0 Å². The zero-order valence-electron chi connectivity index (χ0n) is 13.7. The largest absolute Gasteiger partial charge is 0.374 e. The fourth-order valence-corrected chi connectivity index (χ4v) is 2.51. The molecule has 0 aliphatic carbocycles. The summed E-state index contributed by atoms with van der Waals surface area (Å²) in [6.07, 6.45) is 3.84. The highest BCUT2D eigenvalue weighted by molar-refractivity contribution is 5.81. The van der Waals surface area contributed by atoms with Gasteiger partial charge in [-0.1, -0.05) is 44.2 Å². The van der Waals surface area contributed by atoms with Crippen LogP contribution in [0.5, 0.6) is 0 Å². The fraction of sp³-hybridized carbons (Fsp3) is 0.412. The molecular formula is C17H22N6. The van der Waals surface area contributed by atoms with E-state index in [1.54, 1.807) is 0 Å². The maximum Gasteiger partial charge on any atom is 0.196 e. The Morgan fingerprint density at radius 1 is 1.22 bits per heavy atom. The first-order chi connectivity index (χ1) is 11.0. The summed E-state index contributed by atoms with van der Waals surface area (Å²) in [5.41, 5.74) is 2.21. The van der Waals surface area contributed by atoms with Gasteiger partial charge in [-0.25, -0.2) is 0 Å². The Bertz CT molecular complexity index is 760. The molecule has 1 aromatic carbocycles. The van der Waals surface area contributed by atoms with Crippen molar-refractivity contribution >= 4 is 16.6 Å². The number of benzene rings is 1. The van der Waals surface area contributed by atoms with E-state index in [0.717, 1.165) is 29.4 Å². The molecule has 2 aromatic heterocycles. The molecule has 0 bridgehead atoms. The van der Waals surface area contributed by atoms with Crippen LogP contribution in [0.25, 0.3) is 10.9 Å². The van der Waals surface area contributed by atoms with Gasteiger partial charge >= 0.3 is 0 Å². The number of hydrogen-bond acceptors (Lipinski definition) is 5. The molecule has 23 heavy (non-hydrogen) atoms. The predicted molar refractivity (Wildman–Crippen MR) is 91.0 cm³/mol. The van der Waals surface area contributed by atoms with E-state index in [0.29, 0.717) is 5.82 Å². The Balaban J connectivity index is 1.81. The minimum absolute atomic E-state index is 0.0101. The number of aromatic nitrogens is 5. The first-order valence-corrected chi connectivity index (χ1v) is 7.86. The molecule has 3 aromatic rings. The standard InChI is InChI=1S/C17H22N6/c1-17(2,3)9-8-15(16-20-22-23-21-16)19-13-10-12-6-4-5-7-14(12)18-11-13/h4-7,10-11,15,19H,8-9H2,1-3H3,(H,20,21,22,23). The van der Waals surface area contributed by atoms with Gasteiger partial charge in [0.05, 0.1) is 23.4 Å². The molecule has 0 saturated heterocycles. The molecule has 2 heterocycles. The van der Waals surface area contributed by atoms with E-state index in [2.05, 4.69) is 63.8 Å². The van der Waals surface area contributed by atoms with Crippen LogP contribution in [0.2, 0.25) is 0 Å². The molecule has 2 N–H and O–H groups in total.